The third-order valence-corrected chi connectivity index (χ3v) is 3.26. The van der Waals surface area contributed by atoms with E-state index in [-0.39, 0.29) is 0 Å². The van der Waals surface area contributed by atoms with Crippen LogP contribution in [0.25, 0.3) is 0 Å². The molecule has 2 N–H and O–H groups in total. The van der Waals surface area contributed by atoms with Gasteiger partial charge in [0.1, 0.15) is 5.75 Å². The summed E-state index contributed by atoms with van der Waals surface area (Å²) in [6, 6.07) is 3.72. The van der Waals surface area contributed by atoms with Gasteiger partial charge >= 0.3 is 0 Å². The lowest BCUT2D eigenvalue weighted by atomic mass is 10.2. The van der Waals surface area contributed by atoms with E-state index < -0.39 is 5.91 Å². The van der Waals surface area contributed by atoms with Crippen LogP contribution in [0.1, 0.15) is 10.4 Å². The minimum Gasteiger partial charge on any atom is -0.495 e. The molecular weight excluding hydrogens is 396 g/mol. The van der Waals surface area contributed by atoms with E-state index in [1.54, 1.807) is 0 Å². The molecule has 1 amide bonds. The molecule has 0 bridgehead atoms. The molecule has 1 aromatic carbocycles. The van der Waals surface area contributed by atoms with E-state index in [2.05, 4.69) is 45.2 Å². The van der Waals surface area contributed by atoms with Crippen molar-refractivity contribution in [2.75, 3.05) is 7.11 Å². The number of hydrogen-bond acceptors (Lipinski definition) is 2. The van der Waals surface area contributed by atoms with Gasteiger partial charge in [0.15, 0.2) is 0 Å². The maximum absolute atomic E-state index is 11.1. The number of benzene rings is 1. The fraction of sp³-hybridized carbons (Fsp3) is 0.125. The predicted octanol–water partition coefficient (Wildman–Crippen LogP) is 2.00. The lowest BCUT2D eigenvalue weighted by Gasteiger charge is -2.09. The highest BCUT2D eigenvalue weighted by atomic mass is 127. The topological polar surface area (TPSA) is 52.3 Å². The summed E-state index contributed by atoms with van der Waals surface area (Å²) in [7, 11) is 1.53. The second-order valence-corrected chi connectivity index (χ2v) is 4.63. The molecular formula is C8H7I2NO2. The number of nitrogens with two attached hydrogens (primary N) is 1. The average molecular weight is 403 g/mol. The maximum atomic E-state index is 11.1. The first-order valence-corrected chi connectivity index (χ1v) is 5.55. The monoisotopic (exact) mass is 403 g/mol. The number of primary amides is 1. The molecule has 0 saturated heterocycles. The smallest absolute Gasteiger partial charge is 0.253 e. The third kappa shape index (κ3) is 2.25. The van der Waals surface area contributed by atoms with Gasteiger partial charge in [0.2, 0.25) is 0 Å². The Morgan fingerprint density at radius 1 is 1.38 bits per heavy atom. The first-order chi connectivity index (χ1) is 6.07. The third-order valence-electron chi connectivity index (χ3n) is 1.51. The van der Waals surface area contributed by atoms with E-state index in [9.17, 15) is 4.79 Å². The second-order valence-electron chi connectivity index (χ2n) is 2.30. The van der Waals surface area contributed by atoms with Crippen molar-refractivity contribution in [3.8, 4) is 5.75 Å². The van der Waals surface area contributed by atoms with Crippen LogP contribution in [0, 0.1) is 7.14 Å². The summed E-state index contributed by atoms with van der Waals surface area (Å²) in [4.78, 5) is 11.1. The number of hydrogen-bond donors (Lipinski definition) is 1. The first kappa shape index (κ1) is 11.0. The van der Waals surface area contributed by atoms with Crippen LogP contribution < -0.4 is 10.5 Å². The van der Waals surface area contributed by atoms with Crippen molar-refractivity contribution < 1.29 is 9.53 Å². The van der Waals surface area contributed by atoms with Gasteiger partial charge in [-0.1, -0.05) is 0 Å². The zero-order valence-corrected chi connectivity index (χ0v) is 11.1. The molecule has 3 nitrogen and oxygen atoms in total. The van der Waals surface area contributed by atoms with Crippen LogP contribution in [-0.4, -0.2) is 13.0 Å². The van der Waals surface area contributed by atoms with Crippen molar-refractivity contribution in [1.29, 1.82) is 0 Å². The van der Waals surface area contributed by atoms with E-state index >= 15 is 0 Å². The molecule has 0 aliphatic carbocycles. The van der Waals surface area contributed by atoms with Crippen LogP contribution in [0.5, 0.6) is 5.75 Å². The van der Waals surface area contributed by atoms with E-state index in [0.717, 1.165) is 7.14 Å². The second kappa shape index (κ2) is 4.45. The largest absolute Gasteiger partial charge is 0.495 e. The minimum absolute atomic E-state index is 0.454. The van der Waals surface area contributed by atoms with Gasteiger partial charge in [0.25, 0.3) is 5.91 Å². The maximum Gasteiger partial charge on any atom is 0.253 e. The molecule has 0 aliphatic heterocycles. The molecule has 1 rings (SSSR count). The van der Waals surface area contributed by atoms with Crippen LogP contribution in [0.2, 0.25) is 0 Å². The summed E-state index contributed by atoms with van der Waals surface area (Å²) in [6.45, 7) is 0. The molecule has 0 fully saturated rings. The molecule has 5 heteroatoms. The van der Waals surface area contributed by atoms with Gasteiger partial charge < -0.3 is 10.5 Å². The Hall–Kier alpha value is -0.0500. The molecule has 0 aromatic heterocycles. The first-order valence-electron chi connectivity index (χ1n) is 3.39. The summed E-state index contributed by atoms with van der Waals surface area (Å²) in [5.74, 6) is 0.0970. The number of rotatable bonds is 2. The Morgan fingerprint density at radius 2 is 1.92 bits per heavy atom. The lowest BCUT2D eigenvalue weighted by molar-refractivity contribution is 0.0996. The molecule has 0 radical (unpaired) electrons. The van der Waals surface area contributed by atoms with Crippen LogP contribution in [0.15, 0.2) is 12.1 Å². The molecule has 0 spiro atoms. The van der Waals surface area contributed by atoms with Crippen LogP contribution in [0.4, 0.5) is 0 Å². The van der Waals surface area contributed by atoms with Crippen molar-refractivity contribution in [3.05, 3.63) is 24.8 Å². The van der Waals surface area contributed by atoms with Gasteiger partial charge in [-0.05, 0) is 57.3 Å². The van der Waals surface area contributed by atoms with Crippen molar-refractivity contribution in [2.24, 2.45) is 5.73 Å². The summed E-state index contributed by atoms with van der Waals surface area (Å²) >= 11 is 4.16. The molecule has 13 heavy (non-hydrogen) atoms. The lowest BCUT2D eigenvalue weighted by Crippen LogP contribution is -2.15. The normalized spacial score (nSPS) is 9.77. The number of ether oxygens (including phenoxy) is 1. The number of carbonyl (C=O) groups is 1. The summed E-state index contributed by atoms with van der Waals surface area (Å²) < 4.78 is 6.80. The van der Waals surface area contributed by atoms with Gasteiger partial charge in [-0.2, -0.15) is 0 Å². The fourth-order valence-corrected chi connectivity index (χ4v) is 2.32. The zero-order valence-electron chi connectivity index (χ0n) is 6.80. The number of amides is 1. The predicted molar refractivity (Wildman–Crippen MR) is 66.9 cm³/mol. The van der Waals surface area contributed by atoms with Gasteiger partial charge in [-0.3, -0.25) is 4.79 Å². The summed E-state index contributed by atoms with van der Waals surface area (Å²) in [5, 5.41) is 0. The van der Waals surface area contributed by atoms with Gasteiger partial charge in [-0.15, -0.1) is 0 Å². The Balaban J connectivity index is 3.43. The zero-order chi connectivity index (χ0) is 10.0. The van der Waals surface area contributed by atoms with Gasteiger partial charge in [0, 0.05) is 3.57 Å². The molecule has 0 heterocycles. The van der Waals surface area contributed by atoms with Crippen molar-refractivity contribution in [2.45, 2.75) is 0 Å². The Kier molecular flexibility index (Phi) is 3.77. The summed E-state index contributed by atoms with van der Waals surface area (Å²) in [5.41, 5.74) is 5.69. The van der Waals surface area contributed by atoms with Gasteiger partial charge in [0.05, 0.1) is 16.2 Å². The van der Waals surface area contributed by atoms with E-state index in [0.29, 0.717) is 11.3 Å². The Morgan fingerprint density at radius 3 is 2.31 bits per heavy atom. The number of methoxy groups -OCH3 is 1. The SMILES string of the molecule is COc1c(I)ccc(I)c1C(N)=O. The molecule has 0 saturated carbocycles. The Labute approximate surface area is 103 Å². The van der Waals surface area contributed by atoms with E-state index in [1.165, 1.54) is 7.11 Å². The molecule has 0 atom stereocenters. The van der Waals surface area contributed by atoms with E-state index in [1.807, 2.05) is 12.1 Å². The highest BCUT2D eigenvalue weighted by molar-refractivity contribution is 14.1. The molecule has 0 aliphatic rings. The highest BCUT2D eigenvalue weighted by Crippen LogP contribution is 2.28. The van der Waals surface area contributed by atoms with Crippen LogP contribution in [0.3, 0.4) is 0 Å². The fourth-order valence-electron chi connectivity index (χ4n) is 0.962. The number of carbonyl (C=O) groups excluding carboxylic acids is 1. The Bertz CT molecular complexity index is 352. The quantitative estimate of drug-likeness (QED) is 0.769. The standard InChI is InChI=1S/C8H7I2NO2/c1-13-7-5(10)3-2-4(9)6(7)8(11)12/h2-3H,1H3,(H2,11,12). The molecule has 0 unspecified atom stereocenters. The number of halogens is 2. The minimum atomic E-state index is -0.459. The van der Waals surface area contributed by atoms with Crippen molar-refractivity contribution >= 4 is 51.1 Å². The molecule has 1 aromatic rings. The van der Waals surface area contributed by atoms with Crippen LogP contribution in [-0.2, 0) is 0 Å². The average Bonchev–Trinajstić information content (AvgIpc) is 2.07. The van der Waals surface area contributed by atoms with E-state index in [4.69, 9.17) is 10.5 Å². The van der Waals surface area contributed by atoms with Gasteiger partial charge in [-0.25, -0.2) is 0 Å². The summed E-state index contributed by atoms with van der Waals surface area (Å²) in [6.07, 6.45) is 0. The van der Waals surface area contributed by atoms with Crippen molar-refractivity contribution in [1.82, 2.24) is 0 Å². The van der Waals surface area contributed by atoms with Crippen LogP contribution >= 0.6 is 45.2 Å². The molecule has 70 valence electrons. The van der Waals surface area contributed by atoms with Crippen molar-refractivity contribution in [3.63, 3.8) is 0 Å². The highest BCUT2D eigenvalue weighted by Gasteiger charge is 2.15.